The van der Waals surface area contributed by atoms with Crippen LogP contribution in [0.25, 0.3) is 33.0 Å². The highest BCUT2D eigenvalue weighted by molar-refractivity contribution is 6.64. The van der Waals surface area contributed by atoms with E-state index in [0.717, 1.165) is 46.0 Å². The Morgan fingerprint density at radius 2 is 0.852 bits per heavy atom. The molecule has 7 heteroatoms. The van der Waals surface area contributed by atoms with E-state index >= 15 is 0 Å². The zero-order valence-electron chi connectivity index (χ0n) is 36.4. The molecule has 0 N–H and O–H groups in total. The molecule has 0 radical (unpaired) electrons. The molecule has 0 bridgehead atoms. The Labute approximate surface area is 330 Å². The third-order valence-corrected chi connectivity index (χ3v) is 13.2. The average molecular weight is 738 g/mol. The van der Waals surface area contributed by atoms with Crippen LogP contribution in [0.15, 0.2) is 37.4 Å². The summed E-state index contributed by atoms with van der Waals surface area (Å²) in [4.78, 5) is 0. The predicted molar refractivity (Wildman–Crippen MR) is 235 cm³/mol. The standard InChI is InChI=1S/C47H73B2NO4/c1-15-17-19-21-23-25-27-35(28-26-24-22-20-18-16-2)50-42-31-40(48-51-44(7,8)45(9,10)52-48)36(33(3)4)29-38(42)39-30-37(34(5)6)41(32-43(39)50)49-53-46(11,12)47(13,14)54-49/h29-32,35H,3,5,15-28H2,1-2,4,6-14H3. The molecular formula is C47H73B2NO4. The SMILES string of the molecule is C=C(C)c1cc2c3cc(C(=C)C)c(B4OC(C)(C)C(C)(C)O4)cc3n(C(CCCCCCCC)CCCCCCCC)c2cc1B1OC(C)(C)C(C)(C)O1. The molecule has 296 valence electrons. The van der Waals surface area contributed by atoms with Gasteiger partial charge in [0.2, 0.25) is 0 Å². The molecule has 2 fully saturated rings. The topological polar surface area (TPSA) is 41.9 Å². The highest BCUT2D eigenvalue weighted by Gasteiger charge is 2.53. The third-order valence-electron chi connectivity index (χ3n) is 13.2. The summed E-state index contributed by atoms with van der Waals surface area (Å²) < 4.78 is 29.7. The van der Waals surface area contributed by atoms with Gasteiger partial charge in [-0.3, -0.25) is 0 Å². The molecule has 0 saturated carbocycles. The molecule has 1 aromatic heterocycles. The summed E-state index contributed by atoms with van der Waals surface area (Å²) >= 11 is 0. The Bertz CT molecular complexity index is 1640. The van der Waals surface area contributed by atoms with E-state index in [-0.39, 0.29) is 0 Å². The number of hydrogen-bond donors (Lipinski definition) is 0. The molecule has 3 heterocycles. The Morgan fingerprint density at radius 1 is 0.537 bits per heavy atom. The van der Waals surface area contributed by atoms with E-state index in [0.29, 0.717) is 6.04 Å². The van der Waals surface area contributed by atoms with Crippen LogP contribution in [0.5, 0.6) is 0 Å². The van der Waals surface area contributed by atoms with Gasteiger partial charge >= 0.3 is 14.2 Å². The number of rotatable bonds is 19. The molecule has 0 unspecified atom stereocenters. The van der Waals surface area contributed by atoms with Crippen LogP contribution in [0.2, 0.25) is 0 Å². The van der Waals surface area contributed by atoms with Crippen molar-refractivity contribution < 1.29 is 18.6 Å². The number of hydrogen-bond acceptors (Lipinski definition) is 4. The van der Waals surface area contributed by atoms with E-state index < -0.39 is 36.6 Å². The van der Waals surface area contributed by atoms with Crippen LogP contribution in [0, 0.1) is 0 Å². The lowest BCUT2D eigenvalue weighted by Crippen LogP contribution is -2.41. The van der Waals surface area contributed by atoms with E-state index in [2.05, 4.69) is 125 Å². The van der Waals surface area contributed by atoms with Gasteiger partial charge in [0.15, 0.2) is 0 Å². The van der Waals surface area contributed by atoms with Crippen molar-refractivity contribution in [3.05, 3.63) is 48.6 Å². The van der Waals surface area contributed by atoms with E-state index in [9.17, 15) is 0 Å². The second kappa shape index (κ2) is 17.0. The number of unbranched alkanes of at least 4 members (excludes halogenated alkanes) is 10. The van der Waals surface area contributed by atoms with Crippen molar-refractivity contribution in [2.75, 3.05) is 0 Å². The van der Waals surface area contributed by atoms with Gasteiger partial charge in [-0.15, -0.1) is 0 Å². The van der Waals surface area contributed by atoms with Gasteiger partial charge in [0.1, 0.15) is 0 Å². The summed E-state index contributed by atoms with van der Waals surface area (Å²) in [5.41, 5.74) is 7.00. The van der Waals surface area contributed by atoms with E-state index in [1.807, 2.05) is 0 Å². The second-order valence-corrected chi connectivity index (χ2v) is 18.8. The van der Waals surface area contributed by atoms with Gasteiger partial charge in [0.05, 0.1) is 22.4 Å². The number of allylic oxidation sites excluding steroid dienone is 2. The van der Waals surface area contributed by atoms with Gasteiger partial charge in [-0.05, 0) is 128 Å². The van der Waals surface area contributed by atoms with Crippen molar-refractivity contribution in [3.8, 4) is 0 Å². The maximum atomic E-state index is 6.75. The van der Waals surface area contributed by atoms with Crippen LogP contribution in [0.4, 0.5) is 0 Å². The molecule has 3 aromatic rings. The van der Waals surface area contributed by atoms with Crippen LogP contribution < -0.4 is 10.9 Å². The Balaban J connectivity index is 1.74. The van der Waals surface area contributed by atoms with Gasteiger partial charge in [-0.1, -0.05) is 115 Å². The molecule has 0 atom stereocenters. The Kier molecular flexibility index (Phi) is 13.5. The fourth-order valence-electron chi connectivity index (χ4n) is 8.35. The van der Waals surface area contributed by atoms with Gasteiger partial charge in [-0.2, -0.15) is 0 Å². The summed E-state index contributed by atoms with van der Waals surface area (Å²) in [6.07, 6.45) is 17.8. The summed E-state index contributed by atoms with van der Waals surface area (Å²) in [6.45, 7) is 34.8. The highest BCUT2D eigenvalue weighted by Crippen LogP contribution is 2.42. The fourth-order valence-corrected chi connectivity index (χ4v) is 8.35. The molecule has 5 rings (SSSR count). The minimum Gasteiger partial charge on any atom is -0.399 e. The maximum Gasteiger partial charge on any atom is 0.495 e. The monoisotopic (exact) mass is 738 g/mol. The lowest BCUT2D eigenvalue weighted by molar-refractivity contribution is 0.00578. The highest BCUT2D eigenvalue weighted by atomic mass is 16.7. The quantitative estimate of drug-likeness (QED) is 0.0907. The van der Waals surface area contributed by atoms with Crippen molar-refractivity contribution in [1.29, 1.82) is 0 Å². The molecule has 0 amide bonds. The zero-order valence-corrected chi connectivity index (χ0v) is 36.4. The number of benzene rings is 2. The number of aromatic nitrogens is 1. The lowest BCUT2D eigenvalue weighted by atomic mass is 9.73. The fraction of sp³-hybridized carbons (Fsp3) is 0.660. The molecule has 0 spiro atoms. The Morgan fingerprint density at radius 3 is 1.17 bits per heavy atom. The minimum atomic E-state index is -0.487. The smallest absolute Gasteiger partial charge is 0.399 e. The summed E-state index contributed by atoms with van der Waals surface area (Å²) in [5, 5.41) is 2.48. The first kappa shape index (κ1) is 42.8. The van der Waals surface area contributed by atoms with Gasteiger partial charge in [0, 0.05) is 27.8 Å². The van der Waals surface area contributed by atoms with E-state index in [1.165, 1.54) is 98.9 Å². The summed E-state index contributed by atoms with van der Waals surface area (Å²) in [7, 11) is -0.973. The van der Waals surface area contributed by atoms with Crippen molar-refractivity contribution in [2.45, 2.75) is 201 Å². The molecule has 54 heavy (non-hydrogen) atoms. The van der Waals surface area contributed by atoms with Crippen molar-refractivity contribution in [3.63, 3.8) is 0 Å². The zero-order chi connectivity index (χ0) is 39.6. The molecule has 2 aromatic carbocycles. The molecule has 0 aliphatic carbocycles. The molecule has 2 aliphatic heterocycles. The number of nitrogens with zero attached hydrogens (tertiary/aromatic N) is 1. The molecule has 2 aliphatic rings. The minimum absolute atomic E-state index is 0.353. The van der Waals surface area contributed by atoms with Crippen LogP contribution in [-0.2, 0) is 18.6 Å². The van der Waals surface area contributed by atoms with E-state index in [1.54, 1.807) is 0 Å². The third kappa shape index (κ3) is 8.80. The van der Waals surface area contributed by atoms with Gasteiger partial charge in [-0.25, -0.2) is 0 Å². The lowest BCUT2D eigenvalue weighted by Gasteiger charge is -2.32. The van der Waals surface area contributed by atoms with Crippen LogP contribution in [-0.4, -0.2) is 41.2 Å². The van der Waals surface area contributed by atoms with Gasteiger partial charge in [0.25, 0.3) is 0 Å². The molecular weight excluding hydrogens is 664 g/mol. The maximum absolute atomic E-state index is 6.75. The second-order valence-electron chi connectivity index (χ2n) is 18.8. The molecule has 5 nitrogen and oxygen atoms in total. The Hall–Kier alpha value is -2.31. The van der Waals surface area contributed by atoms with Crippen LogP contribution in [0.3, 0.4) is 0 Å². The summed E-state index contributed by atoms with van der Waals surface area (Å²) in [5.74, 6) is 0. The molecule has 2 saturated heterocycles. The predicted octanol–water partition coefficient (Wildman–Crippen LogP) is 12.5. The summed E-state index contributed by atoms with van der Waals surface area (Å²) in [6, 6.07) is 9.84. The average Bonchev–Trinajstić information content (AvgIpc) is 3.61. The van der Waals surface area contributed by atoms with Crippen molar-refractivity contribution in [2.24, 2.45) is 0 Å². The largest absolute Gasteiger partial charge is 0.495 e. The van der Waals surface area contributed by atoms with E-state index in [4.69, 9.17) is 18.6 Å². The first-order valence-electron chi connectivity index (χ1n) is 21.5. The normalized spacial score (nSPS) is 18.8. The first-order valence-corrected chi connectivity index (χ1v) is 21.5. The number of fused-ring (bicyclic) bond motifs is 3. The van der Waals surface area contributed by atoms with Crippen LogP contribution in [0.1, 0.15) is 190 Å². The first-order chi connectivity index (χ1) is 25.4. The van der Waals surface area contributed by atoms with Crippen LogP contribution >= 0.6 is 0 Å². The van der Waals surface area contributed by atoms with Crippen molar-refractivity contribution in [1.82, 2.24) is 4.57 Å². The van der Waals surface area contributed by atoms with Gasteiger partial charge < -0.3 is 23.2 Å². The van der Waals surface area contributed by atoms with Crippen molar-refractivity contribution >= 4 is 58.1 Å².